The zero-order chi connectivity index (χ0) is 27.6. The number of halogens is 1. The van der Waals surface area contributed by atoms with Gasteiger partial charge in [0.15, 0.2) is 5.65 Å². The fraction of sp³-hybridized carbons (Fsp3) is 0.367. The molecule has 208 valence electrons. The third-order valence-corrected chi connectivity index (χ3v) is 7.49. The first-order chi connectivity index (χ1) is 19.4. The number of benzene rings is 2. The molecule has 2 aromatic carbocycles. The van der Waals surface area contributed by atoms with Crippen molar-refractivity contribution in [2.45, 2.75) is 25.8 Å². The number of nitrogens with one attached hydrogen (secondary N) is 2. The van der Waals surface area contributed by atoms with E-state index < -0.39 is 0 Å². The molecule has 10 heteroatoms. The number of rotatable bonds is 9. The van der Waals surface area contributed by atoms with Gasteiger partial charge in [0, 0.05) is 68.6 Å². The zero-order valence-electron chi connectivity index (χ0n) is 22.9. The second kappa shape index (κ2) is 11.2. The van der Waals surface area contributed by atoms with Crippen LogP contribution in [0.3, 0.4) is 0 Å². The molecule has 6 rings (SSSR count). The predicted molar refractivity (Wildman–Crippen MR) is 153 cm³/mol. The van der Waals surface area contributed by atoms with Crippen molar-refractivity contribution >= 4 is 17.4 Å². The van der Waals surface area contributed by atoms with Gasteiger partial charge in [-0.15, -0.1) is 0 Å². The third kappa shape index (κ3) is 5.93. The number of aryl methyl sites for hydroxylation is 1. The molecule has 1 amide bonds. The molecule has 3 heterocycles. The minimum atomic E-state index is -0.379. The van der Waals surface area contributed by atoms with Crippen molar-refractivity contribution in [3.63, 3.8) is 0 Å². The van der Waals surface area contributed by atoms with Crippen molar-refractivity contribution in [2.24, 2.45) is 0 Å². The SMILES string of the molecule is Cc1cc(-c2cnn3c(NCCN4CCN(C)CC4)cc(Oc4cccc(F)c4)nc23)ccc1C(=O)NC1CC1. The van der Waals surface area contributed by atoms with Crippen LogP contribution >= 0.6 is 0 Å². The molecule has 0 atom stereocenters. The standard InChI is InChI=1S/C30H34FN7O2/c1-20-16-21(6-9-25(20)30(39)34-23-7-8-23)26-19-33-38-27(32-10-11-37-14-12-36(2)13-15-37)18-28(35-29(26)38)40-24-5-3-4-22(31)17-24/h3-6,9,16-19,23,32H,7-8,10-15H2,1-2H3,(H,34,39). The maximum absolute atomic E-state index is 13.8. The second-order valence-electron chi connectivity index (χ2n) is 10.7. The number of hydrogen-bond acceptors (Lipinski definition) is 7. The van der Waals surface area contributed by atoms with Crippen molar-refractivity contribution in [2.75, 3.05) is 51.6 Å². The quantitative estimate of drug-likeness (QED) is 0.327. The summed E-state index contributed by atoms with van der Waals surface area (Å²) in [5.74, 6) is 1.01. The van der Waals surface area contributed by atoms with Gasteiger partial charge in [0.1, 0.15) is 17.4 Å². The summed E-state index contributed by atoms with van der Waals surface area (Å²) >= 11 is 0. The van der Waals surface area contributed by atoms with Crippen LogP contribution in [-0.4, -0.2) is 82.7 Å². The van der Waals surface area contributed by atoms with E-state index in [-0.39, 0.29) is 11.7 Å². The van der Waals surface area contributed by atoms with E-state index >= 15 is 0 Å². The predicted octanol–water partition coefficient (Wildman–Crippen LogP) is 4.19. The van der Waals surface area contributed by atoms with Gasteiger partial charge < -0.3 is 20.3 Å². The molecule has 0 unspecified atom stereocenters. The van der Waals surface area contributed by atoms with Crippen LogP contribution in [0.2, 0.25) is 0 Å². The zero-order valence-corrected chi connectivity index (χ0v) is 22.9. The Labute approximate surface area is 232 Å². The van der Waals surface area contributed by atoms with E-state index in [9.17, 15) is 9.18 Å². The largest absolute Gasteiger partial charge is 0.439 e. The Hall–Kier alpha value is -4.02. The van der Waals surface area contributed by atoms with Crippen LogP contribution in [0.25, 0.3) is 16.8 Å². The van der Waals surface area contributed by atoms with Crippen LogP contribution in [0.5, 0.6) is 11.6 Å². The Morgan fingerprint density at radius 2 is 1.93 bits per heavy atom. The van der Waals surface area contributed by atoms with Crippen molar-refractivity contribution in [3.05, 3.63) is 71.7 Å². The lowest BCUT2D eigenvalue weighted by molar-refractivity contribution is 0.0950. The lowest BCUT2D eigenvalue weighted by atomic mass is 10.0. The first kappa shape index (κ1) is 26.2. The number of carbonyl (C=O) groups excluding carboxylic acids is 1. The Bertz CT molecular complexity index is 1530. The van der Waals surface area contributed by atoms with Gasteiger partial charge in [-0.05, 0) is 56.1 Å². The van der Waals surface area contributed by atoms with E-state index in [0.717, 1.165) is 74.6 Å². The fourth-order valence-electron chi connectivity index (χ4n) is 4.96. The Kier molecular flexibility index (Phi) is 7.36. The molecule has 2 N–H and O–H groups in total. The highest BCUT2D eigenvalue weighted by Gasteiger charge is 2.25. The maximum atomic E-state index is 13.8. The number of likely N-dealkylation sites (N-methyl/N-ethyl adjacent to an activating group) is 1. The van der Waals surface area contributed by atoms with Gasteiger partial charge >= 0.3 is 0 Å². The van der Waals surface area contributed by atoms with Gasteiger partial charge in [-0.25, -0.2) is 4.39 Å². The van der Waals surface area contributed by atoms with Gasteiger partial charge in [-0.3, -0.25) is 9.69 Å². The molecule has 1 saturated heterocycles. The van der Waals surface area contributed by atoms with E-state index in [4.69, 9.17) is 9.72 Å². The molecule has 0 radical (unpaired) electrons. The van der Waals surface area contributed by atoms with Crippen molar-refractivity contribution in [1.82, 2.24) is 29.7 Å². The van der Waals surface area contributed by atoms with Crippen molar-refractivity contribution in [1.29, 1.82) is 0 Å². The molecular formula is C30H34FN7O2. The number of piperazine rings is 1. The summed E-state index contributed by atoms with van der Waals surface area (Å²) in [6.07, 6.45) is 3.87. The minimum Gasteiger partial charge on any atom is -0.439 e. The van der Waals surface area contributed by atoms with Crippen molar-refractivity contribution in [3.8, 4) is 22.8 Å². The molecule has 9 nitrogen and oxygen atoms in total. The molecule has 0 bridgehead atoms. The summed E-state index contributed by atoms with van der Waals surface area (Å²) in [6, 6.07) is 13.9. The molecule has 1 aliphatic heterocycles. The van der Waals surface area contributed by atoms with Crippen LogP contribution in [-0.2, 0) is 0 Å². The third-order valence-electron chi connectivity index (χ3n) is 7.49. The summed E-state index contributed by atoms with van der Waals surface area (Å²) in [4.78, 5) is 22.2. The van der Waals surface area contributed by atoms with E-state index in [0.29, 0.717) is 28.9 Å². The summed E-state index contributed by atoms with van der Waals surface area (Å²) in [6.45, 7) is 7.77. The van der Waals surface area contributed by atoms with Crippen LogP contribution in [0, 0.1) is 12.7 Å². The smallest absolute Gasteiger partial charge is 0.251 e. The number of ether oxygens (including phenoxy) is 1. The highest BCUT2D eigenvalue weighted by Crippen LogP contribution is 2.31. The molecule has 0 spiro atoms. The number of hydrogen-bond donors (Lipinski definition) is 2. The summed E-state index contributed by atoms with van der Waals surface area (Å²) in [5, 5.41) is 11.2. The molecule has 40 heavy (non-hydrogen) atoms. The van der Waals surface area contributed by atoms with Gasteiger partial charge in [0.05, 0.1) is 6.20 Å². The maximum Gasteiger partial charge on any atom is 0.251 e. The number of amides is 1. The van der Waals surface area contributed by atoms with Gasteiger partial charge in [-0.1, -0.05) is 18.2 Å². The number of fused-ring (bicyclic) bond motifs is 1. The van der Waals surface area contributed by atoms with E-state index in [2.05, 4.69) is 32.6 Å². The topological polar surface area (TPSA) is 87.0 Å². The second-order valence-corrected chi connectivity index (χ2v) is 10.7. The van der Waals surface area contributed by atoms with Crippen LogP contribution in [0.4, 0.5) is 10.2 Å². The first-order valence-corrected chi connectivity index (χ1v) is 13.8. The minimum absolute atomic E-state index is 0.0397. The first-order valence-electron chi connectivity index (χ1n) is 13.8. The molecule has 2 aromatic heterocycles. The highest BCUT2D eigenvalue weighted by molar-refractivity contribution is 5.97. The monoisotopic (exact) mass is 543 g/mol. The normalized spacial score (nSPS) is 16.3. The van der Waals surface area contributed by atoms with E-state index in [1.165, 1.54) is 12.1 Å². The summed E-state index contributed by atoms with van der Waals surface area (Å²) in [5.41, 5.74) is 3.86. The Balaban J connectivity index is 1.30. The van der Waals surface area contributed by atoms with E-state index in [1.807, 2.05) is 25.1 Å². The summed E-state index contributed by atoms with van der Waals surface area (Å²) in [7, 11) is 2.15. The molecule has 1 aliphatic carbocycles. The number of aromatic nitrogens is 3. The fourth-order valence-corrected chi connectivity index (χ4v) is 4.96. The average molecular weight is 544 g/mol. The van der Waals surface area contributed by atoms with Crippen LogP contribution < -0.4 is 15.4 Å². The number of carbonyl (C=O) groups is 1. The lowest BCUT2D eigenvalue weighted by Gasteiger charge is -2.32. The molecule has 4 aromatic rings. The van der Waals surface area contributed by atoms with Gasteiger partial charge in [0.25, 0.3) is 5.91 Å². The molecule has 2 fully saturated rings. The molecule has 1 saturated carbocycles. The van der Waals surface area contributed by atoms with Gasteiger partial charge in [0.2, 0.25) is 5.88 Å². The van der Waals surface area contributed by atoms with Crippen molar-refractivity contribution < 1.29 is 13.9 Å². The van der Waals surface area contributed by atoms with Gasteiger partial charge in [-0.2, -0.15) is 14.6 Å². The number of nitrogens with zero attached hydrogens (tertiary/aromatic N) is 5. The highest BCUT2D eigenvalue weighted by atomic mass is 19.1. The summed E-state index contributed by atoms with van der Waals surface area (Å²) < 4.78 is 21.6. The Morgan fingerprint density at radius 3 is 2.67 bits per heavy atom. The van der Waals surface area contributed by atoms with E-state index in [1.54, 1.807) is 28.9 Å². The molecular weight excluding hydrogens is 509 g/mol. The Morgan fingerprint density at radius 1 is 1.10 bits per heavy atom. The van der Waals surface area contributed by atoms with Crippen LogP contribution in [0.15, 0.2) is 54.7 Å². The lowest BCUT2D eigenvalue weighted by Crippen LogP contribution is -2.45. The number of anilines is 1. The molecule has 2 aliphatic rings. The van der Waals surface area contributed by atoms with Crippen LogP contribution in [0.1, 0.15) is 28.8 Å². The average Bonchev–Trinajstić information content (AvgIpc) is 3.64.